The first-order valence-electron chi connectivity index (χ1n) is 8.13. The van der Waals surface area contributed by atoms with Crippen LogP contribution in [0.25, 0.3) is 0 Å². The second-order valence-electron chi connectivity index (χ2n) is 7.11. The van der Waals surface area contributed by atoms with Gasteiger partial charge in [-0.25, -0.2) is 0 Å². The molecule has 2 aromatic rings. The van der Waals surface area contributed by atoms with Crippen LogP contribution in [-0.4, -0.2) is 16.1 Å². The summed E-state index contributed by atoms with van der Waals surface area (Å²) in [6.07, 6.45) is 3.07. The second-order valence-corrected chi connectivity index (χ2v) is 8.17. The summed E-state index contributed by atoms with van der Waals surface area (Å²) in [7, 11) is 0. The van der Waals surface area contributed by atoms with Crippen LogP contribution in [-0.2, 0) is 23.2 Å². The Morgan fingerprint density at radius 1 is 1.30 bits per heavy atom. The Bertz CT molecular complexity index is 702. The number of aromatic nitrogens is 2. The SMILES string of the molecule is CC(C)(C)c1nnc(CNC(=O)C2CCCc3ccccc32)s1. The molecule has 0 bridgehead atoms. The summed E-state index contributed by atoms with van der Waals surface area (Å²) >= 11 is 1.58. The van der Waals surface area contributed by atoms with E-state index in [0.717, 1.165) is 29.3 Å². The van der Waals surface area contributed by atoms with Crippen molar-refractivity contribution in [2.75, 3.05) is 0 Å². The van der Waals surface area contributed by atoms with Gasteiger partial charge in [-0.3, -0.25) is 4.79 Å². The Kier molecular flexibility index (Phi) is 4.48. The first-order valence-corrected chi connectivity index (χ1v) is 8.95. The van der Waals surface area contributed by atoms with Crippen LogP contribution in [0.2, 0.25) is 0 Å². The van der Waals surface area contributed by atoms with Crippen molar-refractivity contribution in [3.63, 3.8) is 0 Å². The average molecular weight is 329 g/mol. The molecule has 0 aliphatic heterocycles. The number of hydrogen-bond donors (Lipinski definition) is 1. The van der Waals surface area contributed by atoms with E-state index >= 15 is 0 Å². The van der Waals surface area contributed by atoms with Crippen LogP contribution in [0, 0.1) is 0 Å². The van der Waals surface area contributed by atoms with Crippen molar-refractivity contribution in [1.29, 1.82) is 0 Å². The maximum absolute atomic E-state index is 12.6. The summed E-state index contributed by atoms with van der Waals surface area (Å²) in [5, 5.41) is 13.3. The lowest BCUT2D eigenvalue weighted by Crippen LogP contribution is -2.31. The molecule has 0 fully saturated rings. The van der Waals surface area contributed by atoms with Gasteiger partial charge in [-0.15, -0.1) is 10.2 Å². The molecule has 1 aromatic heterocycles. The van der Waals surface area contributed by atoms with E-state index in [1.54, 1.807) is 11.3 Å². The van der Waals surface area contributed by atoms with Crippen LogP contribution in [0.3, 0.4) is 0 Å². The highest BCUT2D eigenvalue weighted by molar-refractivity contribution is 7.11. The van der Waals surface area contributed by atoms with Gasteiger partial charge in [-0.05, 0) is 30.4 Å². The Hall–Kier alpha value is -1.75. The molecule has 0 spiro atoms. The molecule has 1 atom stereocenters. The van der Waals surface area contributed by atoms with Crippen LogP contribution in [0.15, 0.2) is 24.3 Å². The average Bonchev–Trinajstić information content (AvgIpc) is 3.01. The van der Waals surface area contributed by atoms with Crippen molar-refractivity contribution in [3.8, 4) is 0 Å². The molecule has 0 saturated carbocycles. The first-order chi connectivity index (χ1) is 10.9. The largest absolute Gasteiger partial charge is 0.349 e. The van der Waals surface area contributed by atoms with Crippen molar-refractivity contribution in [1.82, 2.24) is 15.5 Å². The molecule has 1 aliphatic carbocycles. The Morgan fingerprint density at radius 3 is 2.83 bits per heavy atom. The standard InChI is InChI=1S/C18H23N3OS/c1-18(2,3)17-21-20-15(23-17)11-19-16(22)14-10-6-8-12-7-4-5-9-13(12)14/h4-5,7,9,14H,6,8,10-11H2,1-3H3,(H,19,22). The summed E-state index contributed by atoms with van der Waals surface area (Å²) in [5.74, 6) is 0.0691. The lowest BCUT2D eigenvalue weighted by molar-refractivity contribution is -0.123. The molecular formula is C18H23N3OS. The lowest BCUT2D eigenvalue weighted by atomic mass is 9.82. The van der Waals surface area contributed by atoms with Gasteiger partial charge in [0.25, 0.3) is 0 Å². The molecule has 5 heteroatoms. The number of nitrogens with zero attached hydrogens (tertiary/aromatic N) is 2. The van der Waals surface area contributed by atoms with E-state index in [1.165, 1.54) is 11.1 Å². The van der Waals surface area contributed by atoms with Crippen molar-refractivity contribution in [2.45, 2.75) is 57.9 Å². The number of rotatable bonds is 3. The number of benzene rings is 1. The first kappa shape index (κ1) is 16.1. The third kappa shape index (κ3) is 3.61. The Labute approximate surface area is 141 Å². The van der Waals surface area contributed by atoms with Crippen LogP contribution in [0.4, 0.5) is 0 Å². The van der Waals surface area contributed by atoms with Crippen LogP contribution < -0.4 is 5.32 Å². The van der Waals surface area contributed by atoms with Crippen molar-refractivity contribution in [2.24, 2.45) is 0 Å². The number of nitrogens with one attached hydrogen (secondary N) is 1. The Morgan fingerprint density at radius 2 is 2.09 bits per heavy atom. The lowest BCUT2D eigenvalue weighted by Gasteiger charge is -2.24. The fourth-order valence-electron chi connectivity index (χ4n) is 2.94. The smallest absolute Gasteiger partial charge is 0.227 e. The molecule has 23 heavy (non-hydrogen) atoms. The summed E-state index contributed by atoms with van der Waals surface area (Å²) in [4.78, 5) is 12.6. The zero-order valence-electron chi connectivity index (χ0n) is 13.9. The number of aryl methyl sites for hydroxylation is 1. The fourth-order valence-corrected chi connectivity index (χ4v) is 3.78. The van der Waals surface area contributed by atoms with Gasteiger partial charge in [0.2, 0.25) is 5.91 Å². The molecule has 1 heterocycles. The minimum Gasteiger partial charge on any atom is -0.349 e. The van der Waals surface area contributed by atoms with E-state index in [9.17, 15) is 4.79 Å². The van der Waals surface area contributed by atoms with Crippen molar-refractivity contribution >= 4 is 17.2 Å². The number of fused-ring (bicyclic) bond motifs is 1. The Balaban J connectivity index is 1.66. The normalized spacial score (nSPS) is 17.6. The number of carbonyl (C=O) groups is 1. The topological polar surface area (TPSA) is 54.9 Å². The van der Waals surface area contributed by atoms with Crippen molar-refractivity contribution < 1.29 is 4.79 Å². The third-order valence-corrected chi connectivity index (χ3v) is 5.56. The summed E-state index contributed by atoms with van der Waals surface area (Å²) < 4.78 is 0. The van der Waals surface area contributed by atoms with Gasteiger partial charge in [-0.1, -0.05) is 56.4 Å². The van der Waals surface area contributed by atoms with Crippen molar-refractivity contribution in [3.05, 3.63) is 45.4 Å². The van der Waals surface area contributed by atoms with Gasteiger partial charge < -0.3 is 5.32 Å². The van der Waals surface area contributed by atoms with E-state index < -0.39 is 0 Å². The summed E-state index contributed by atoms with van der Waals surface area (Å²) in [6, 6.07) is 8.29. The molecule has 3 rings (SSSR count). The van der Waals surface area contributed by atoms with Gasteiger partial charge in [0.1, 0.15) is 10.0 Å². The van der Waals surface area contributed by atoms with Crippen LogP contribution >= 0.6 is 11.3 Å². The van der Waals surface area contributed by atoms with Gasteiger partial charge >= 0.3 is 0 Å². The van der Waals surface area contributed by atoms with Gasteiger partial charge in [-0.2, -0.15) is 0 Å². The number of hydrogen-bond acceptors (Lipinski definition) is 4. The molecule has 1 unspecified atom stereocenters. The quantitative estimate of drug-likeness (QED) is 0.936. The van der Waals surface area contributed by atoms with Gasteiger partial charge in [0, 0.05) is 5.41 Å². The van der Waals surface area contributed by atoms with Gasteiger partial charge in [0.15, 0.2) is 0 Å². The minimum atomic E-state index is -0.0324. The maximum Gasteiger partial charge on any atom is 0.227 e. The molecular weight excluding hydrogens is 306 g/mol. The predicted octanol–water partition coefficient (Wildman–Crippen LogP) is 3.57. The molecule has 0 radical (unpaired) electrons. The highest BCUT2D eigenvalue weighted by Crippen LogP contribution is 2.31. The highest BCUT2D eigenvalue weighted by atomic mass is 32.1. The molecule has 1 aromatic carbocycles. The van der Waals surface area contributed by atoms with E-state index in [-0.39, 0.29) is 17.2 Å². The monoisotopic (exact) mass is 329 g/mol. The maximum atomic E-state index is 12.6. The second kappa shape index (κ2) is 6.40. The highest BCUT2D eigenvalue weighted by Gasteiger charge is 2.26. The minimum absolute atomic E-state index is 0.00222. The molecule has 1 N–H and O–H groups in total. The van der Waals surface area contributed by atoms with E-state index in [1.807, 2.05) is 12.1 Å². The van der Waals surface area contributed by atoms with E-state index in [2.05, 4.69) is 48.4 Å². The predicted molar refractivity (Wildman–Crippen MR) is 92.6 cm³/mol. The number of carbonyl (C=O) groups excluding carboxylic acids is 1. The molecule has 122 valence electrons. The molecule has 4 nitrogen and oxygen atoms in total. The molecule has 1 aliphatic rings. The van der Waals surface area contributed by atoms with E-state index in [4.69, 9.17) is 0 Å². The molecule has 0 saturated heterocycles. The number of amides is 1. The summed E-state index contributed by atoms with van der Waals surface area (Å²) in [6.45, 7) is 6.82. The zero-order valence-corrected chi connectivity index (χ0v) is 14.7. The third-order valence-electron chi connectivity index (χ3n) is 4.21. The zero-order chi connectivity index (χ0) is 16.4. The summed E-state index contributed by atoms with van der Waals surface area (Å²) in [5.41, 5.74) is 2.50. The van der Waals surface area contributed by atoms with E-state index in [0.29, 0.717) is 6.54 Å². The molecule has 1 amide bonds. The fraction of sp³-hybridized carbons (Fsp3) is 0.500. The van der Waals surface area contributed by atoms with Crippen LogP contribution in [0.5, 0.6) is 0 Å². The van der Waals surface area contributed by atoms with Gasteiger partial charge in [0.05, 0.1) is 12.5 Å². The van der Waals surface area contributed by atoms with Crippen LogP contribution in [0.1, 0.15) is 60.7 Å².